The Bertz CT molecular complexity index is 1110. The number of hydrogen-bond acceptors (Lipinski definition) is 4. The Hall–Kier alpha value is -1.97. The third kappa shape index (κ3) is 4.31. The maximum absolute atomic E-state index is 14.0. The van der Waals surface area contributed by atoms with Gasteiger partial charge in [-0.05, 0) is 35.9 Å². The number of fused-ring (bicyclic) bond motifs is 1. The number of aliphatic imine (C=N–C) groups is 1. The average molecular weight is 457 g/mol. The van der Waals surface area contributed by atoms with Crippen LogP contribution in [0.2, 0.25) is 5.02 Å². The summed E-state index contributed by atoms with van der Waals surface area (Å²) in [5.41, 5.74) is 0.993. The molecule has 10 heteroatoms. The van der Waals surface area contributed by atoms with Crippen LogP contribution >= 0.6 is 23.4 Å². The number of sulfone groups is 1. The summed E-state index contributed by atoms with van der Waals surface area (Å²) in [5, 5.41) is -0.0260. The van der Waals surface area contributed by atoms with E-state index >= 15 is 0 Å². The van der Waals surface area contributed by atoms with Crippen molar-refractivity contribution in [1.29, 1.82) is 0 Å². The van der Waals surface area contributed by atoms with Crippen molar-refractivity contribution in [2.24, 2.45) is 4.99 Å². The van der Waals surface area contributed by atoms with E-state index in [1.165, 1.54) is 48.2 Å². The van der Waals surface area contributed by atoms with E-state index in [1.807, 2.05) is 0 Å². The first-order chi connectivity index (χ1) is 13.7. The highest BCUT2D eigenvalue weighted by atomic mass is 35.5. The quantitative estimate of drug-likeness (QED) is 0.707. The lowest BCUT2D eigenvalue weighted by Gasteiger charge is -2.24. The van der Waals surface area contributed by atoms with Gasteiger partial charge < -0.3 is 4.90 Å². The topological polar surface area (TPSA) is 66.8 Å². The number of amidine groups is 1. The van der Waals surface area contributed by atoms with Crippen molar-refractivity contribution in [1.82, 2.24) is 0 Å². The Morgan fingerprint density at radius 3 is 2.59 bits per heavy atom. The highest BCUT2D eigenvalue weighted by molar-refractivity contribution is 8.16. The SMILES string of the molecule is O=C(Cc1ccc(F)cc1)N=C1S[C@@H]2CS(=O)(=O)C[C@H]2N1c1ccc(Cl)c(F)c1. The smallest absolute Gasteiger partial charge is 0.252 e. The summed E-state index contributed by atoms with van der Waals surface area (Å²) < 4.78 is 51.2. The van der Waals surface area contributed by atoms with Crippen LogP contribution in [0.4, 0.5) is 14.5 Å². The number of anilines is 1. The first kappa shape index (κ1) is 20.3. The summed E-state index contributed by atoms with van der Waals surface area (Å²) in [4.78, 5) is 18.2. The molecule has 2 aromatic rings. The molecule has 0 unspecified atom stereocenters. The van der Waals surface area contributed by atoms with Gasteiger partial charge in [0.05, 0.1) is 29.0 Å². The second-order valence-corrected chi connectivity index (χ2v) is 10.6. The molecular formula is C19H15ClF2N2O3S2. The van der Waals surface area contributed by atoms with Crippen molar-refractivity contribution in [2.45, 2.75) is 17.7 Å². The van der Waals surface area contributed by atoms with Gasteiger partial charge in [-0.15, -0.1) is 0 Å². The molecule has 4 rings (SSSR count). The van der Waals surface area contributed by atoms with E-state index in [0.29, 0.717) is 16.4 Å². The average Bonchev–Trinajstić information content (AvgIpc) is 3.10. The van der Waals surface area contributed by atoms with Crippen molar-refractivity contribution < 1.29 is 22.0 Å². The predicted molar refractivity (Wildman–Crippen MR) is 110 cm³/mol. The molecule has 2 atom stereocenters. The molecule has 2 aromatic carbocycles. The zero-order chi connectivity index (χ0) is 20.8. The highest BCUT2D eigenvalue weighted by Crippen LogP contribution is 2.41. The van der Waals surface area contributed by atoms with Crippen LogP contribution in [-0.2, 0) is 21.1 Å². The van der Waals surface area contributed by atoms with Crippen molar-refractivity contribution in [3.63, 3.8) is 0 Å². The molecule has 2 heterocycles. The zero-order valence-corrected chi connectivity index (χ0v) is 17.3. The Labute approximate surface area is 175 Å². The number of hydrogen-bond donors (Lipinski definition) is 0. The van der Waals surface area contributed by atoms with Crippen LogP contribution in [0.3, 0.4) is 0 Å². The van der Waals surface area contributed by atoms with Crippen LogP contribution in [-0.4, -0.2) is 42.3 Å². The third-order valence-corrected chi connectivity index (χ3v) is 8.25. The van der Waals surface area contributed by atoms with E-state index < -0.39 is 33.4 Å². The monoisotopic (exact) mass is 456 g/mol. The fourth-order valence-electron chi connectivity index (χ4n) is 3.42. The van der Waals surface area contributed by atoms with Crippen LogP contribution in [0.1, 0.15) is 5.56 Å². The summed E-state index contributed by atoms with van der Waals surface area (Å²) in [6, 6.07) is 9.24. The van der Waals surface area contributed by atoms with Gasteiger partial charge in [-0.2, -0.15) is 4.99 Å². The van der Waals surface area contributed by atoms with E-state index in [0.717, 1.165) is 0 Å². The Morgan fingerprint density at radius 1 is 1.17 bits per heavy atom. The fourth-order valence-corrected chi connectivity index (χ4v) is 7.47. The van der Waals surface area contributed by atoms with Crippen molar-refractivity contribution in [3.05, 3.63) is 64.7 Å². The van der Waals surface area contributed by atoms with Crippen molar-refractivity contribution in [3.8, 4) is 0 Å². The van der Waals surface area contributed by atoms with Gasteiger partial charge in [-0.3, -0.25) is 4.79 Å². The van der Waals surface area contributed by atoms with Crippen LogP contribution in [0.25, 0.3) is 0 Å². The van der Waals surface area contributed by atoms with Gasteiger partial charge in [0.1, 0.15) is 11.6 Å². The number of carbonyl (C=O) groups is 1. The third-order valence-electron chi connectivity index (χ3n) is 4.74. The second kappa shape index (κ2) is 7.70. The molecular weight excluding hydrogens is 442 g/mol. The molecule has 0 radical (unpaired) electrons. The fraction of sp³-hybridized carbons (Fsp3) is 0.263. The molecule has 2 saturated heterocycles. The number of thioether (sulfide) groups is 1. The maximum Gasteiger partial charge on any atom is 0.252 e. The van der Waals surface area contributed by atoms with Crippen LogP contribution in [0.5, 0.6) is 0 Å². The molecule has 1 amide bonds. The van der Waals surface area contributed by atoms with Gasteiger partial charge in [0.15, 0.2) is 15.0 Å². The largest absolute Gasteiger partial charge is 0.315 e. The second-order valence-electron chi connectivity index (χ2n) is 6.86. The molecule has 0 N–H and O–H groups in total. The number of rotatable bonds is 3. The molecule has 0 aromatic heterocycles. The molecule has 2 fully saturated rings. The number of carbonyl (C=O) groups excluding carboxylic acids is 1. The first-order valence-corrected chi connectivity index (χ1v) is 11.8. The summed E-state index contributed by atoms with van der Waals surface area (Å²) in [6.07, 6.45) is -0.0270. The molecule has 5 nitrogen and oxygen atoms in total. The summed E-state index contributed by atoms with van der Waals surface area (Å²) in [6.45, 7) is 0. The van der Waals surface area contributed by atoms with Crippen LogP contribution < -0.4 is 4.90 Å². The lowest BCUT2D eigenvalue weighted by Crippen LogP contribution is -2.37. The molecule has 152 valence electrons. The van der Waals surface area contributed by atoms with Gasteiger partial charge >= 0.3 is 0 Å². The number of nitrogens with zero attached hydrogens (tertiary/aromatic N) is 2. The molecule has 0 spiro atoms. The van der Waals surface area contributed by atoms with Crippen molar-refractivity contribution >= 4 is 50.0 Å². The lowest BCUT2D eigenvalue weighted by molar-refractivity contribution is -0.117. The van der Waals surface area contributed by atoms with E-state index in [2.05, 4.69) is 4.99 Å². The van der Waals surface area contributed by atoms with E-state index in [1.54, 1.807) is 11.0 Å². The Kier molecular flexibility index (Phi) is 5.39. The standard InChI is InChI=1S/C19H15ClF2N2O3S2/c20-14-6-5-13(8-15(14)22)24-16-9-29(26,27)10-17(16)28-19(24)23-18(25)7-11-1-3-12(21)4-2-11/h1-6,8,16-17H,7,9-10H2/t16-,17-/m1/s1. The predicted octanol–water partition coefficient (Wildman–Crippen LogP) is 3.46. The van der Waals surface area contributed by atoms with Crippen LogP contribution in [0, 0.1) is 11.6 Å². The van der Waals surface area contributed by atoms with Gasteiger partial charge in [-0.1, -0.05) is 35.5 Å². The van der Waals surface area contributed by atoms with E-state index in [-0.39, 0.29) is 28.2 Å². The highest BCUT2D eigenvalue weighted by Gasteiger charge is 2.49. The molecule has 0 aliphatic carbocycles. The van der Waals surface area contributed by atoms with Gasteiger partial charge in [0, 0.05) is 10.9 Å². The van der Waals surface area contributed by atoms with Crippen molar-refractivity contribution in [2.75, 3.05) is 16.4 Å². The minimum atomic E-state index is -3.23. The lowest BCUT2D eigenvalue weighted by atomic mass is 10.1. The van der Waals surface area contributed by atoms with Crippen LogP contribution in [0.15, 0.2) is 47.5 Å². The summed E-state index contributed by atoms with van der Waals surface area (Å²) in [5.74, 6) is -1.62. The molecule has 29 heavy (non-hydrogen) atoms. The Balaban J connectivity index is 1.65. The zero-order valence-electron chi connectivity index (χ0n) is 14.9. The minimum absolute atomic E-state index is 0.0270. The molecule has 2 aliphatic rings. The number of amides is 1. The van der Waals surface area contributed by atoms with Gasteiger partial charge in [-0.25, -0.2) is 17.2 Å². The molecule has 0 bridgehead atoms. The van der Waals surface area contributed by atoms with Gasteiger partial charge in [0.25, 0.3) is 5.91 Å². The summed E-state index contributed by atoms with van der Waals surface area (Å²) in [7, 11) is -3.23. The van der Waals surface area contributed by atoms with E-state index in [4.69, 9.17) is 11.6 Å². The molecule has 0 saturated carbocycles. The first-order valence-electron chi connectivity index (χ1n) is 8.69. The summed E-state index contributed by atoms with van der Waals surface area (Å²) >= 11 is 6.96. The Morgan fingerprint density at radius 2 is 1.90 bits per heavy atom. The maximum atomic E-state index is 14.0. The normalized spacial score (nSPS) is 24.1. The van der Waals surface area contributed by atoms with Gasteiger partial charge in [0.2, 0.25) is 0 Å². The number of halogens is 3. The minimum Gasteiger partial charge on any atom is -0.315 e. The molecule has 2 aliphatic heterocycles. The number of benzene rings is 2. The van der Waals surface area contributed by atoms with E-state index in [9.17, 15) is 22.0 Å².